The first-order valence-corrected chi connectivity index (χ1v) is 9.84. The van der Waals surface area contributed by atoms with Crippen LogP contribution in [0.15, 0.2) is 59.6 Å². The van der Waals surface area contributed by atoms with Crippen LogP contribution < -0.4 is 14.6 Å². The van der Waals surface area contributed by atoms with Crippen LogP contribution in [0.2, 0.25) is 0 Å². The molecule has 132 valence electrons. The third kappa shape index (κ3) is 2.56. The number of hydrogen-bond acceptors (Lipinski definition) is 3. The number of amides is 1. The number of aromatic nitrogens is 1. The van der Waals surface area contributed by atoms with Crippen molar-refractivity contribution in [3.8, 4) is 0 Å². The minimum atomic E-state index is -3.73. The number of carbonyl (C=O) groups is 1. The molecule has 0 saturated heterocycles. The van der Waals surface area contributed by atoms with E-state index in [1.54, 1.807) is 41.4 Å². The number of aromatic amines is 1. The molecule has 0 radical (unpaired) electrons. The van der Waals surface area contributed by atoms with Gasteiger partial charge in [-0.05, 0) is 25.1 Å². The topological polar surface area (TPSA) is 80.6 Å². The summed E-state index contributed by atoms with van der Waals surface area (Å²) in [5.74, 6) is -0.0884. The Morgan fingerprint density at radius 2 is 1.92 bits per heavy atom. The number of rotatable bonds is 5. The molecule has 1 aromatic heterocycles. The van der Waals surface area contributed by atoms with Crippen molar-refractivity contribution in [1.82, 2.24) is 4.72 Å². The van der Waals surface area contributed by atoms with Crippen LogP contribution in [0.25, 0.3) is 10.8 Å². The molecule has 2 heterocycles. The Bertz CT molecular complexity index is 1110. The molecule has 0 bridgehead atoms. The van der Waals surface area contributed by atoms with Crippen LogP contribution in [0.1, 0.15) is 23.0 Å². The predicted octanol–water partition coefficient (Wildman–Crippen LogP) is 2.11. The van der Waals surface area contributed by atoms with Crippen LogP contribution in [0.4, 0.5) is 5.69 Å². The van der Waals surface area contributed by atoms with E-state index in [9.17, 15) is 13.2 Å². The molecule has 1 amide bonds. The molecule has 2 aromatic carbocycles. The van der Waals surface area contributed by atoms with Gasteiger partial charge in [0.25, 0.3) is 5.91 Å². The molecule has 0 spiro atoms. The zero-order valence-corrected chi connectivity index (χ0v) is 15.0. The van der Waals surface area contributed by atoms with E-state index in [2.05, 4.69) is 9.71 Å². The van der Waals surface area contributed by atoms with Crippen molar-refractivity contribution < 1.29 is 18.2 Å². The Morgan fingerprint density at radius 3 is 2.65 bits per heavy atom. The predicted molar refractivity (Wildman–Crippen MR) is 98.3 cm³/mol. The zero-order valence-electron chi connectivity index (χ0n) is 14.2. The monoisotopic (exact) mass is 368 g/mol. The normalized spacial score (nSPS) is 13.6. The summed E-state index contributed by atoms with van der Waals surface area (Å²) in [6.45, 7) is 2.60. The highest BCUT2D eigenvalue weighted by Gasteiger charge is 2.31. The molecule has 7 heteroatoms. The van der Waals surface area contributed by atoms with E-state index in [4.69, 9.17) is 0 Å². The number of benzene rings is 2. The van der Waals surface area contributed by atoms with E-state index >= 15 is 0 Å². The minimum Gasteiger partial charge on any atom is -0.308 e. The maximum atomic E-state index is 12.9. The zero-order chi connectivity index (χ0) is 18.3. The van der Waals surface area contributed by atoms with Gasteiger partial charge < -0.3 is 4.90 Å². The number of anilines is 1. The van der Waals surface area contributed by atoms with Crippen LogP contribution in [-0.2, 0) is 16.6 Å². The highest BCUT2D eigenvalue weighted by molar-refractivity contribution is 7.89. The van der Waals surface area contributed by atoms with E-state index < -0.39 is 10.0 Å². The number of H-pyrrole nitrogens is 1. The van der Waals surface area contributed by atoms with Gasteiger partial charge in [-0.25, -0.2) is 18.1 Å². The molecule has 0 unspecified atom stereocenters. The average molecular weight is 368 g/mol. The average Bonchev–Trinajstić information content (AvgIpc) is 2.94. The Morgan fingerprint density at radius 1 is 1.08 bits per heavy atom. The first kappa shape index (κ1) is 16.7. The summed E-state index contributed by atoms with van der Waals surface area (Å²) in [6.07, 6.45) is 1.74. The van der Waals surface area contributed by atoms with Crippen molar-refractivity contribution in [3.05, 3.63) is 66.0 Å². The second-order valence-corrected chi connectivity index (χ2v) is 7.81. The lowest BCUT2D eigenvalue weighted by molar-refractivity contribution is -0.390. The quantitative estimate of drug-likeness (QED) is 0.749. The molecule has 1 aliphatic rings. The first-order valence-electron chi connectivity index (χ1n) is 8.36. The first-order chi connectivity index (χ1) is 12.5. The summed E-state index contributed by atoms with van der Waals surface area (Å²) in [5.41, 5.74) is 2.07. The highest BCUT2D eigenvalue weighted by atomic mass is 32.2. The summed E-state index contributed by atoms with van der Waals surface area (Å²) in [5, 5.41) is 1.27. The molecule has 4 rings (SSSR count). The lowest BCUT2D eigenvalue weighted by atomic mass is 10.1. The number of sulfonamides is 1. The molecule has 3 aromatic rings. The SMILES string of the molecule is CCN1C(=O)c2cccc3c(S(=O)(=O)NCc4cccc[nH+]4)ccc1c23. The van der Waals surface area contributed by atoms with Gasteiger partial charge in [0, 0.05) is 35.0 Å². The fourth-order valence-electron chi connectivity index (χ4n) is 3.36. The maximum Gasteiger partial charge on any atom is 0.258 e. The largest absolute Gasteiger partial charge is 0.308 e. The summed E-state index contributed by atoms with van der Waals surface area (Å²) in [4.78, 5) is 17.4. The van der Waals surface area contributed by atoms with Gasteiger partial charge in [-0.1, -0.05) is 18.2 Å². The van der Waals surface area contributed by atoms with Gasteiger partial charge in [0.2, 0.25) is 10.0 Å². The molecule has 1 aliphatic heterocycles. The fourth-order valence-corrected chi connectivity index (χ4v) is 4.57. The van der Waals surface area contributed by atoms with E-state index in [0.29, 0.717) is 22.9 Å². The summed E-state index contributed by atoms with van der Waals surface area (Å²) >= 11 is 0. The number of carbonyl (C=O) groups excluding carboxylic acids is 1. The fraction of sp³-hybridized carbons (Fsp3) is 0.158. The molecular formula is C19H18N3O3S+. The molecule has 0 fully saturated rings. The molecule has 0 atom stereocenters. The Hall–Kier alpha value is -2.77. The molecule has 26 heavy (non-hydrogen) atoms. The van der Waals surface area contributed by atoms with Gasteiger partial charge in [-0.15, -0.1) is 0 Å². The van der Waals surface area contributed by atoms with Gasteiger partial charge in [-0.3, -0.25) is 4.79 Å². The minimum absolute atomic E-state index is 0.0884. The third-order valence-electron chi connectivity index (χ3n) is 4.58. The Balaban J connectivity index is 1.79. The van der Waals surface area contributed by atoms with Crippen molar-refractivity contribution in [2.45, 2.75) is 18.4 Å². The van der Waals surface area contributed by atoms with E-state index in [0.717, 1.165) is 11.4 Å². The van der Waals surface area contributed by atoms with Gasteiger partial charge in [0.15, 0.2) is 11.9 Å². The van der Waals surface area contributed by atoms with Crippen molar-refractivity contribution in [3.63, 3.8) is 0 Å². The van der Waals surface area contributed by atoms with E-state index in [-0.39, 0.29) is 17.3 Å². The summed E-state index contributed by atoms with van der Waals surface area (Å²) in [6, 6.07) is 14.0. The van der Waals surface area contributed by atoms with Crippen molar-refractivity contribution in [1.29, 1.82) is 0 Å². The maximum absolute atomic E-state index is 12.9. The Labute approximate surface area is 151 Å². The van der Waals surface area contributed by atoms with E-state index in [1.807, 2.05) is 25.1 Å². The Kier molecular flexibility index (Phi) is 3.97. The van der Waals surface area contributed by atoms with Crippen LogP contribution in [0.3, 0.4) is 0 Å². The van der Waals surface area contributed by atoms with Gasteiger partial charge >= 0.3 is 0 Å². The molecule has 2 N–H and O–H groups in total. The molecule has 6 nitrogen and oxygen atoms in total. The van der Waals surface area contributed by atoms with Crippen LogP contribution in [0.5, 0.6) is 0 Å². The van der Waals surface area contributed by atoms with Crippen molar-refractivity contribution in [2.75, 3.05) is 11.4 Å². The van der Waals surface area contributed by atoms with Crippen molar-refractivity contribution >= 4 is 32.4 Å². The van der Waals surface area contributed by atoms with Gasteiger partial charge in [0.05, 0.1) is 17.1 Å². The van der Waals surface area contributed by atoms with Gasteiger partial charge in [0.1, 0.15) is 0 Å². The van der Waals surface area contributed by atoms with Gasteiger partial charge in [-0.2, -0.15) is 0 Å². The van der Waals surface area contributed by atoms with Crippen molar-refractivity contribution in [2.24, 2.45) is 0 Å². The molecule has 0 saturated carbocycles. The number of nitrogens with one attached hydrogen (secondary N) is 2. The summed E-state index contributed by atoms with van der Waals surface area (Å²) < 4.78 is 28.4. The lowest BCUT2D eigenvalue weighted by Gasteiger charge is -2.15. The van der Waals surface area contributed by atoms with Crippen LogP contribution in [-0.4, -0.2) is 20.9 Å². The lowest BCUT2D eigenvalue weighted by Crippen LogP contribution is -2.27. The number of hydrogen-bond donors (Lipinski definition) is 1. The second-order valence-electron chi connectivity index (χ2n) is 6.07. The van der Waals surface area contributed by atoms with Crippen LogP contribution in [0, 0.1) is 0 Å². The number of pyridine rings is 1. The molecular weight excluding hydrogens is 350 g/mol. The third-order valence-corrected chi connectivity index (χ3v) is 6.04. The highest BCUT2D eigenvalue weighted by Crippen LogP contribution is 2.39. The van der Waals surface area contributed by atoms with E-state index in [1.165, 1.54) is 0 Å². The van der Waals surface area contributed by atoms with Crippen LogP contribution >= 0.6 is 0 Å². The summed E-state index contributed by atoms with van der Waals surface area (Å²) in [7, 11) is -3.73. The number of nitrogens with zero attached hydrogens (tertiary/aromatic N) is 1. The molecule has 0 aliphatic carbocycles. The second kappa shape index (κ2) is 6.19. The smallest absolute Gasteiger partial charge is 0.258 e. The standard InChI is InChI=1S/C19H17N3O3S/c1-2-22-16-9-10-17(14-7-5-8-15(18(14)16)19(22)23)26(24,25)21-12-13-6-3-4-11-20-13/h3-11,21H,2,12H2,1H3/p+1.